The van der Waals surface area contributed by atoms with Crippen molar-refractivity contribution in [3.8, 4) is 11.5 Å². The van der Waals surface area contributed by atoms with E-state index in [1.165, 1.54) is 12.8 Å². The van der Waals surface area contributed by atoms with Crippen LogP contribution < -0.4 is 9.62 Å². The lowest BCUT2D eigenvalue weighted by Gasteiger charge is -2.05. The van der Waals surface area contributed by atoms with E-state index in [4.69, 9.17) is 14.5 Å². The number of rotatable bonds is 11. The Morgan fingerprint density at radius 1 is 0.923 bits per heavy atom. The number of ether oxygens (including phenoxy) is 1. The van der Waals surface area contributed by atoms with Gasteiger partial charge in [0, 0.05) is 5.56 Å². The number of carbonyl (C=O) groups is 1. The Morgan fingerprint density at radius 2 is 1.62 bits per heavy atom. The molecule has 0 spiro atoms. The molecule has 4 heteroatoms. The Labute approximate surface area is 155 Å². The van der Waals surface area contributed by atoms with Gasteiger partial charge in [-0.05, 0) is 61.4 Å². The van der Waals surface area contributed by atoms with Crippen molar-refractivity contribution in [1.82, 2.24) is 0 Å². The zero-order chi connectivity index (χ0) is 18.6. The summed E-state index contributed by atoms with van der Waals surface area (Å²) in [5, 5.41) is 0. The third-order valence-electron chi connectivity index (χ3n) is 3.74. The van der Waals surface area contributed by atoms with Crippen LogP contribution in [0.4, 0.5) is 0 Å². The van der Waals surface area contributed by atoms with E-state index in [1.807, 2.05) is 31.2 Å². The Hall–Kier alpha value is -2.59. The van der Waals surface area contributed by atoms with Gasteiger partial charge in [-0.2, -0.15) is 4.89 Å². The summed E-state index contributed by atoms with van der Waals surface area (Å²) in [4.78, 5) is 22.1. The maximum Gasteiger partial charge on any atom is 0.185 e. The van der Waals surface area contributed by atoms with Crippen molar-refractivity contribution in [2.45, 2.75) is 33.1 Å². The first kappa shape index (κ1) is 19.7. The second-order valence-electron chi connectivity index (χ2n) is 5.84. The highest BCUT2D eigenvalue weighted by Crippen LogP contribution is 2.16. The van der Waals surface area contributed by atoms with Gasteiger partial charge in [0.15, 0.2) is 11.5 Å². The van der Waals surface area contributed by atoms with Gasteiger partial charge < -0.3 is 9.62 Å². The van der Waals surface area contributed by atoms with Crippen LogP contribution in [0.2, 0.25) is 0 Å². The van der Waals surface area contributed by atoms with Crippen LogP contribution in [0.5, 0.6) is 11.5 Å². The summed E-state index contributed by atoms with van der Waals surface area (Å²) in [6.45, 7) is 5.22. The molecule has 2 rings (SSSR count). The van der Waals surface area contributed by atoms with E-state index in [-0.39, 0.29) is 5.78 Å². The Kier molecular flexibility index (Phi) is 8.43. The summed E-state index contributed by atoms with van der Waals surface area (Å²) in [7, 11) is 0. The number of ketones is 1. The molecule has 0 aromatic heterocycles. The van der Waals surface area contributed by atoms with Crippen molar-refractivity contribution < 1.29 is 19.3 Å². The summed E-state index contributed by atoms with van der Waals surface area (Å²) in [6, 6.07) is 14.6. The van der Waals surface area contributed by atoms with Gasteiger partial charge in [-0.1, -0.05) is 38.0 Å². The molecule has 2 aromatic carbocycles. The Morgan fingerprint density at radius 3 is 2.27 bits per heavy atom. The summed E-state index contributed by atoms with van der Waals surface area (Å²) >= 11 is 0. The van der Waals surface area contributed by atoms with Gasteiger partial charge >= 0.3 is 0 Å². The molecule has 0 aliphatic rings. The van der Waals surface area contributed by atoms with Crippen molar-refractivity contribution in [3.63, 3.8) is 0 Å². The third-order valence-corrected chi connectivity index (χ3v) is 3.74. The Bertz CT molecular complexity index is 687. The fraction of sp³-hybridized carbons (Fsp3) is 0.318. The Balaban J connectivity index is 1.87. The minimum atomic E-state index is -0.0622. The molecule has 0 unspecified atom stereocenters. The van der Waals surface area contributed by atoms with Crippen LogP contribution in [0.3, 0.4) is 0 Å². The highest BCUT2D eigenvalue weighted by atomic mass is 17.2. The number of allylic oxidation sites excluding steroid dienone is 1. The van der Waals surface area contributed by atoms with E-state index in [1.54, 1.807) is 36.4 Å². The van der Waals surface area contributed by atoms with Crippen LogP contribution in [-0.4, -0.2) is 19.0 Å². The molecule has 0 saturated carbocycles. The molecule has 0 aliphatic heterocycles. The van der Waals surface area contributed by atoms with Gasteiger partial charge in [0.05, 0.1) is 13.2 Å². The molecular weight excluding hydrogens is 328 g/mol. The van der Waals surface area contributed by atoms with Crippen molar-refractivity contribution in [2.24, 2.45) is 0 Å². The molecular formula is C22H26O4. The molecule has 0 radical (unpaired) electrons. The lowest BCUT2D eigenvalue weighted by molar-refractivity contribution is -0.202. The number of carbonyl (C=O) groups excluding carboxylic acids is 1. The van der Waals surface area contributed by atoms with Crippen LogP contribution in [0.15, 0.2) is 54.6 Å². The standard InChI is InChI=1S/C22H26O4/c1-3-5-6-17-24-20-12-7-18(8-13-20)9-16-22(23)19-10-14-21(15-11-19)26-25-4-2/h7-16H,3-6,17H2,1-2H3. The molecule has 138 valence electrons. The largest absolute Gasteiger partial charge is 0.494 e. The van der Waals surface area contributed by atoms with Gasteiger partial charge in [-0.25, -0.2) is 0 Å². The fourth-order valence-electron chi connectivity index (χ4n) is 2.29. The second kappa shape index (κ2) is 11.1. The van der Waals surface area contributed by atoms with Crippen molar-refractivity contribution in [1.29, 1.82) is 0 Å². The number of hydrogen-bond acceptors (Lipinski definition) is 4. The minimum absolute atomic E-state index is 0.0622. The number of unbranched alkanes of at least 4 members (excludes halogenated alkanes) is 2. The predicted molar refractivity (Wildman–Crippen MR) is 104 cm³/mol. The molecule has 0 bridgehead atoms. The molecule has 0 atom stereocenters. The second-order valence-corrected chi connectivity index (χ2v) is 5.84. The van der Waals surface area contributed by atoms with E-state index >= 15 is 0 Å². The van der Waals surface area contributed by atoms with Gasteiger partial charge in [-0.15, -0.1) is 0 Å². The number of benzene rings is 2. The normalized spacial score (nSPS) is 10.8. The molecule has 2 aromatic rings. The van der Waals surface area contributed by atoms with Crippen LogP contribution >= 0.6 is 0 Å². The molecule has 0 N–H and O–H groups in total. The average molecular weight is 354 g/mol. The number of hydrogen-bond donors (Lipinski definition) is 0. The first-order valence-electron chi connectivity index (χ1n) is 9.07. The highest BCUT2D eigenvalue weighted by Gasteiger charge is 2.03. The van der Waals surface area contributed by atoms with Gasteiger partial charge in [0.2, 0.25) is 0 Å². The lowest BCUT2D eigenvalue weighted by atomic mass is 10.1. The predicted octanol–water partition coefficient (Wildman–Crippen LogP) is 5.48. The van der Waals surface area contributed by atoms with Gasteiger partial charge in [-0.3, -0.25) is 4.79 Å². The van der Waals surface area contributed by atoms with Gasteiger partial charge in [0.25, 0.3) is 0 Å². The van der Waals surface area contributed by atoms with Gasteiger partial charge in [0.1, 0.15) is 5.75 Å². The van der Waals surface area contributed by atoms with E-state index in [0.29, 0.717) is 17.9 Å². The summed E-state index contributed by atoms with van der Waals surface area (Å²) in [6.07, 6.45) is 6.80. The summed E-state index contributed by atoms with van der Waals surface area (Å²) < 4.78 is 5.68. The summed E-state index contributed by atoms with van der Waals surface area (Å²) in [5.74, 6) is 1.37. The molecule has 26 heavy (non-hydrogen) atoms. The van der Waals surface area contributed by atoms with E-state index < -0.39 is 0 Å². The van der Waals surface area contributed by atoms with E-state index in [2.05, 4.69) is 6.92 Å². The maximum atomic E-state index is 12.2. The molecule has 0 heterocycles. The lowest BCUT2D eigenvalue weighted by Crippen LogP contribution is -1.98. The maximum absolute atomic E-state index is 12.2. The zero-order valence-corrected chi connectivity index (χ0v) is 15.4. The first-order chi connectivity index (χ1) is 12.7. The average Bonchev–Trinajstić information content (AvgIpc) is 2.69. The molecule has 0 saturated heterocycles. The topological polar surface area (TPSA) is 44.8 Å². The van der Waals surface area contributed by atoms with Crippen molar-refractivity contribution in [2.75, 3.05) is 13.2 Å². The van der Waals surface area contributed by atoms with Crippen LogP contribution in [0, 0.1) is 0 Å². The quantitative estimate of drug-likeness (QED) is 0.176. The molecule has 0 aliphatic carbocycles. The fourth-order valence-corrected chi connectivity index (χ4v) is 2.29. The van der Waals surface area contributed by atoms with Crippen molar-refractivity contribution >= 4 is 11.9 Å². The van der Waals surface area contributed by atoms with E-state index in [0.717, 1.165) is 24.3 Å². The molecule has 4 nitrogen and oxygen atoms in total. The minimum Gasteiger partial charge on any atom is -0.494 e. The van der Waals surface area contributed by atoms with Crippen LogP contribution in [-0.2, 0) is 4.89 Å². The highest BCUT2D eigenvalue weighted by molar-refractivity contribution is 6.06. The van der Waals surface area contributed by atoms with Crippen molar-refractivity contribution in [3.05, 3.63) is 65.7 Å². The van der Waals surface area contributed by atoms with E-state index in [9.17, 15) is 4.79 Å². The zero-order valence-electron chi connectivity index (χ0n) is 15.4. The smallest absolute Gasteiger partial charge is 0.185 e. The third kappa shape index (κ3) is 6.73. The molecule has 0 amide bonds. The first-order valence-corrected chi connectivity index (χ1v) is 9.07. The summed E-state index contributed by atoms with van der Waals surface area (Å²) in [5.41, 5.74) is 1.55. The monoisotopic (exact) mass is 354 g/mol. The molecule has 0 fully saturated rings. The SMILES string of the molecule is CCCCCOc1ccc(C=CC(=O)c2ccc(OOCC)cc2)cc1. The van der Waals surface area contributed by atoms with Crippen LogP contribution in [0.25, 0.3) is 6.08 Å². The van der Waals surface area contributed by atoms with Crippen LogP contribution in [0.1, 0.15) is 49.0 Å².